The van der Waals surface area contributed by atoms with E-state index in [9.17, 15) is 36.4 Å². The van der Waals surface area contributed by atoms with Gasteiger partial charge < -0.3 is 30.5 Å². The lowest BCUT2D eigenvalue weighted by atomic mass is 9.93. The number of nitrogens with zero attached hydrogens (tertiary/aromatic N) is 3. The van der Waals surface area contributed by atoms with Crippen molar-refractivity contribution in [3.63, 3.8) is 0 Å². The number of carboxylic acids is 2. The Labute approximate surface area is 295 Å². The number of benzene rings is 2. The summed E-state index contributed by atoms with van der Waals surface area (Å²) in [5.74, 6) is -3.18. The van der Waals surface area contributed by atoms with Gasteiger partial charge in [-0.2, -0.15) is 31.6 Å². The van der Waals surface area contributed by atoms with E-state index >= 15 is 0 Å². The van der Waals surface area contributed by atoms with Gasteiger partial charge in [0.25, 0.3) is 0 Å². The minimum atomic E-state index is -5.08. The van der Waals surface area contributed by atoms with E-state index in [2.05, 4.69) is 21.7 Å². The molecule has 2 fully saturated rings. The minimum Gasteiger partial charge on any atom is -0.475 e. The second-order valence-corrected chi connectivity index (χ2v) is 11.8. The summed E-state index contributed by atoms with van der Waals surface area (Å²) in [4.78, 5) is 37.4. The predicted octanol–water partition coefficient (Wildman–Crippen LogP) is 7.23. The van der Waals surface area contributed by atoms with Crippen LogP contribution in [0.4, 0.5) is 37.8 Å². The molecule has 1 aliphatic heterocycles. The normalized spacial score (nSPS) is 16.6. The van der Waals surface area contributed by atoms with Gasteiger partial charge in [0.1, 0.15) is 23.4 Å². The molecule has 2 aromatic carbocycles. The lowest BCUT2D eigenvalue weighted by Crippen LogP contribution is -2.52. The predicted molar refractivity (Wildman–Crippen MR) is 176 cm³/mol. The molecule has 2 aliphatic rings. The van der Waals surface area contributed by atoms with Gasteiger partial charge in [-0.25, -0.2) is 14.6 Å². The Morgan fingerprint density at radius 2 is 1.40 bits per heavy atom. The van der Waals surface area contributed by atoms with Gasteiger partial charge in [-0.15, -0.1) is 0 Å². The Bertz CT molecular complexity index is 1600. The number of likely N-dealkylation sites (tertiary alicyclic amines) is 1. The molecule has 0 radical (unpaired) electrons. The van der Waals surface area contributed by atoms with E-state index in [1.54, 1.807) is 11.1 Å². The molecule has 2 heterocycles. The molecule has 4 N–H and O–H groups in total. The second-order valence-electron chi connectivity index (χ2n) is 11.8. The van der Waals surface area contributed by atoms with Gasteiger partial charge in [0.15, 0.2) is 0 Å². The third kappa shape index (κ3) is 13.7. The number of pyridine rings is 1. The first-order valence-electron chi connectivity index (χ1n) is 16.2. The fourth-order valence-corrected chi connectivity index (χ4v) is 5.39. The molecule has 3 aromatic rings. The van der Waals surface area contributed by atoms with E-state index in [1.807, 2.05) is 66.7 Å². The van der Waals surface area contributed by atoms with E-state index < -0.39 is 24.3 Å². The summed E-state index contributed by atoms with van der Waals surface area (Å²) in [5.41, 5.74) is 2.01. The highest BCUT2D eigenvalue weighted by molar-refractivity contribution is 5.83. The maximum absolute atomic E-state index is 13.5. The number of nitriles is 1. The summed E-state index contributed by atoms with van der Waals surface area (Å²) in [7, 11) is 0. The summed E-state index contributed by atoms with van der Waals surface area (Å²) in [5, 5.41) is 30.7. The van der Waals surface area contributed by atoms with E-state index in [-0.39, 0.29) is 18.0 Å². The van der Waals surface area contributed by atoms with Crippen LogP contribution in [0.1, 0.15) is 50.5 Å². The summed E-state index contributed by atoms with van der Waals surface area (Å²) < 4.78 is 69.5. The van der Waals surface area contributed by atoms with Crippen LogP contribution in [0.3, 0.4) is 0 Å². The average Bonchev–Trinajstić information content (AvgIpc) is 3.59. The molecule has 52 heavy (non-hydrogen) atoms. The van der Waals surface area contributed by atoms with Crippen LogP contribution in [-0.2, 0) is 20.8 Å². The zero-order chi connectivity index (χ0) is 38.3. The van der Waals surface area contributed by atoms with Crippen LogP contribution in [0.15, 0.2) is 72.9 Å². The number of amides is 1. The van der Waals surface area contributed by atoms with E-state index in [4.69, 9.17) is 24.5 Å². The molecule has 17 heteroatoms. The van der Waals surface area contributed by atoms with Crippen molar-refractivity contribution in [1.82, 2.24) is 15.2 Å². The number of carbonyl (C=O) groups is 3. The van der Waals surface area contributed by atoms with Crippen LogP contribution in [0.2, 0.25) is 0 Å². The molecule has 1 aromatic heterocycles. The lowest BCUT2D eigenvalue weighted by molar-refractivity contribution is -0.193. The number of alkyl halides is 6. The molecule has 1 amide bonds. The number of aliphatic carboxylic acids is 2. The number of aromatic nitrogens is 1. The van der Waals surface area contributed by atoms with Crippen molar-refractivity contribution in [2.75, 3.05) is 11.9 Å². The Hall–Kier alpha value is -5.37. The zero-order valence-electron chi connectivity index (χ0n) is 27.7. The highest BCUT2D eigenvalue weighted by Gasteiger charge is 2.39. The van der Waals surface area contributed by atoms with Crippen molar-refractivity contribution in [2.45, 2.75) is 81.8 Å². The third-order valence-electron chi connectivity index (χ3n) is 7.90. The van der Waals surface area contributed by atoms with Gasteiger partial charge in [0.2, 0.25) is 5.91 Å². The largest absolute Gasteiger partial charge is 0.490 e. The quantitative estimate of drug-likeness (QED) is 0.165. The molecule has 1 aliphatic carbocycles. The Balaban J connectivity index is 0.000000441. The van der Waals surface area contributed by atoms with Crippen LogP contribution >= 0.6 is 0 Å². The van der Waals surface area contributed by atoms with Gasteiger partial charge in [0, 0.05) is 24.5 Å². The number of ether oxygens (including phenoxy) is 1. The monoisotopic (exact) mass is 737 g/mol. The van der Waals surface area contributed by atoms with Gasteiger partial charge in [-0.1, -0.05) is 37.5 Å². The summed E-state index contributed by atoms with van der Waals surface area (Å²) in [6, 6.07) is 23.5. The SMILES string of the molecule is N#C[C@@H]1CCCN1C(=O)[C@H](Cc1ccc(Oc2ccc(Nc3ccccn3)cc2)cc1)NC1CCCCC1.O=C(O)C(F)(F)F.O=C(O)C(F)(F)F. The molecule has 0 bridgehead atoms. The zero-order valence-corrected chi connectivity index (χ0v) is 27.7. The van der Waals surface area contributed by atoms with Crippen molar-refractivity contribution < 1.29 is 55.7 Å². The van der Waals surface area contributed by atoms with Gasteiger partial charge in [-0.3, -0.25) is 4.79 Å². The van der Waals surface area contributed by atoms with Crippen LogP contribution in [0.25, 0.3) is 0 Å². The smallest absolute Gasteiger partial charge is 0.475 e. The molecule has 280 valence electrons. The fourth-order valence-electron chi connectivity index (χ4n) is 5.39. The molecule has 11 nitrogen and oxygen atoms in total. The summed E-state index contributed by atoms with van der Waals surface area (Å²) in [6.45, 7) is 0.669. The van der Waals surface area contributed by atoms with Gasteiger partial charge >= 0.3 is 24.3 Å². The van der Waals surface area contributed by atoms with Gasteiger partial charge in [0.05, 0.1) is 12.1 Å². The average molecular weight is 738 g/mol. The van der Waals surface area contributed by atoms with Crippen LogP contribution in [0, 0.1) is 11.3 Å². The summed E-state index contributed by atoms with van der Waals surface area (Å²) >= 11 is 0. The fraction of sp³-hybridized carbons (Fsp3) is 0.400. The molecular formula is C35H37F6N5O6. The number of hydrogen-bond donors (Lipinski definition) is 4. The Kier molecular flexibility index (Phi) is 15.2. The number of carboxylic acid groups (broad SMARTS) is 2. The van der Waals surface area contributed by atoms with Crippen molar-refractivity contribution in [2.24, 2.45) is 0 Å². The van der Waals surface area contributed by atoms with Gasteiger partial charge in [-0.05, 0) is 86.2 Å². The number of rotatable bonds is 9. The summed E-state index contributed by atoms with van der Waals surface area (Å²) in [6.07, 6.45) is -0.268. The molecule has 1 saturated heterocycles. The van der Waals surface area contributed by atoms with E-state index in [1.165, 1.54) is 19.3 Å². The standard InChI is InChI=1S/C31H35N5O2.2C2HF3O2/c32-22-26-9-6-20-36(26)31(37)29(34-24-7-2-1-3-8-24)21-23-11-15-27(16-12-23)38-28-17-13-25(14-18-28)35-30-10-4-5-19-33-30;2*3-2(4,5)1(6)7/h4-5,10-19,24,26,29,34H,1-3,6-9,20-21H2,(H,33,35);2*(H,6,7)/t26-,29-;;/m0../s1. The van der Waals surface area contributed by atoms with Crippen LogP contribution in [-0.4, -0.2) is 75.0 Å². The second kappa shape index (κ2) is 19.3. The molecule has 1 saturated carbocycles. The molecular weight excluding hydrogens is 700 g/mol. The highest BCUT2D eigenvalue weighted by Crippen LogP contribution is 2.26. The maximum atomic E-state index is 13.5. The number of halogens is 6. The van der Waals surface area contributed by atoms with Crippen LogP contribution in [0.5, 0.6) is 11.5 Å². The molecule has 5 rings (SSSR count). The molecule has 2 atom stereocenters. The third-order valence-corrected chi connectivity index (χ3v) is 7.90. The number of anilines is 2. The first-order chi connectivity index (χ1) is 24.6. The van der Waals surface area contributed by atoms with E-state index in [0.717, 1.165) is 54.3 Å². The van der Waals surface area contributed by atoms with E-state index in [0.29, 0.717) is 19.0 Å². The number of carbonyl (C=O) groups excluding carboxylic acids is 1. The maximum Gasteiger partial charge on any atom is 0.490 e. The van der Waals surface area contributed by atoms with Crippen molar-refractivity contribution >= 4 is 29.4 Å². The minimum absolute atomic E-state index is 0.0550. The molecule has 0 unspecified atom stereocenters. The van der Waals surface area contributed by atoms with Crippen molar-refractivity contribution in [3.8, 4) is 17.6 Å². The first kappa shape index (κ1) is 41.1. The first-order valence-corrected chi connectivity index (χ1v) is 16.2. The Morgan fingerprint density at radius 1 is 0.846 bits per heavy atom. The number of hydrogen-bond acceptors (Lipinski definition) is 8. The lowest BCUT2D eigenvalue weighted by Gasteiger charge is -2.31. The van der Waals surface area contributed by atoms with Crippen molar-refractivity contribution in [3.05, 3.63) is 78.5 Å². The number of nitrogens with one attached hydrogen (secondary N) is 2. The Morgan fingerprint density at radius 3 is 1.90 bits per heavy atom. The topological polar surface area (TPSA) is 165 Å². The van der Waals surface area contributed by atoms with Crippen LogP contribution < -0.4 is 15.4 Å². The highest BCUT2D eigenvalue weighted by atomic mass is 19.4. The molecule has 0 spiro atoms. The van der Waals surface area contributed by atoms with Crippen molar-refractivity contribution in [1.29, 1.82) is 5.26 Å².